The predicted molar refractivity (Wildman–Crippen MR) is 90.4 cm³/mol. The highest BCUT2D eigenvalue weighted by Crippen LogP contribution is 2.28. The van der Waals surface area contributed by atoms with E-state index in [1.165, 1.54) is 44.1 Å². The standard InChI is InChI=1S/C18H30ClN/c1-4-7-9-15(6-3)13-18(20-12-5-2)16-10-8-11-17(19)14-16/h8,10-11,14-15,18,20H,4-7,9,12-13H2,1-3H3. The van der Waals surface area contributed by atoms with Crippen LogP contribution in [0.3, 0.4) is 0 Å². The first kappa shape index (κ1) is 17.5. The van der Waals surface area contributed by atoms with Crippen LogP contribution in [0.15, 0.2) is 24.3 Å². The number of halogens is 1. The Labute approximate surface area is 130 Å². The Balaban J connectivity index is 2.72. The lowest BCUT2D eigenvalue weighted by atomic mass is 9.89. The van der Waals surface area contributed by atoms with Crippen LogP contribution >= 0.6 is 11.6 Å². The maximum atomic E-state index is 6.15. The molecular formula is C18H30ClN. The molecule has 0 amide bonds. The van der Waals surface area contributed by atoms with Crippen LogP contribution < -0.4 is 5.32 Å². The van der Waals surface area contributed by atoms with Crippen molar-refractivity contribution in [2.45, 2.75) is 65.3 Å². The summed E-state index contributed by atoms with van der Waals surface area (Å²) in [6.07, 6.45) is 7.64. The molecule has 1 rings (SSSR count). The van der Waals surface area contributed by atoms with E-state index in [0.717, 1.165) is 17.5 Å². The number of hydrogen-bond acceptors (Lipinski definition) is 1. The number of nitrogens with one attached hydrogen (secondary N) is 1. The molecule has 0 aromatic heterocycles. The van der Waals surface area contributed by atoms with Gasteiger partial charge in [0.15, 0.2) is 0 Å². The maximum Gasteiger partial charge on any atom is 0.0409 e. The molecule has 0 bridgehead atoms. The van der Waals surface area contributed by atoms with Gasteiger partial charge < -0.3 is 5.32 Å². The van der Waals surface area contributed by atoms with Crippen LogP contribution in [0.25, 0.3) is 0 Å². The van der Waals surface area contributed by atoms with Gasteiger partial charge >= 0.3 is 0 Å². The summed E-state index contributed by atoms with van der Waals surface area (Å²) in [6.45, 7) is 7.88. The van der Waals surface area contributed by atoms with Crippen molar-refractivity contribution >= 4 is 11.6 Å². The monoisotopic (exact) mass is 295 g/mol. The second-order valence-electron chi connectivity index (χ2n) is 5.71. The number of unbranched alkanes of at least 4 members (excludes halogenated alkanes) is 1. The lowest BCUT2D eigenvalue weighted by Gasteiger charge is -2.24. The third-order valence-corrected chi connectivity index (χ3v) is 4.24. The van der Waals surface area contributed by atoms with Gasteiger partial charge in [0, 0.05) is 11.1 Å². The third-order valence-electron chi connectivity index (χ3n) is 4.00. The van der Waals surface area contributed by atoms with Crippen LogP contribution in [0.1, 0.15) is 70.9 Å². The summed E-state index contributed by atoms with van der Waals surface area (Å²) in [5.74, 6) is 0.809. The fourth-order valence-corrected chi connectivity index (χ4v) is 2.89. The SMILES string of the molecule is CCCCC(CC)CC(NCCC)c1cccc(Cl)c1. The van der Waals surface area contributed by atoms with Crippen molar-refractivity contribution < 1.29 is 0 Å². The minimum Gasteiger partial charge on any atom is -0.310 e. The molecule has 0 fully saturated rings. The van der Waals surface area contributed by atoms with Crippen LogP contribution in [0.2, 0.25) is 5.02 Å². The van der Waals surface area contributed by atoms with E-state index < -0.39 is 0 Å². The molecule has 0 saturated carbocycles. The summed E-state index contributed by atoms with van der Waals surface area (Å²) in [5.41, 5.74) is 1.33. The molecule has 1 aromatic rings. The molecular weight excluding hydrogens is 266 g/mol. The first-order valence-electron chi connectivity index (χ1n) is 8.20. The molecule has 0 radical (unpaired) electrons. The lowest BCUT2D eigenvalue weighted by molar-refractivity contribution is 0.353. The van der Waals surface area contributed by atoms with E-state index in [1.54, 1.807) is 0 Å². The number of benzene rings is 1. The van der Waals surface area contributed by atoms with E-state index in [0.29, 0.717) is 6.04 Å². The summed E-state index contributed by atoms with van der Waals surface area (Å²) in [6, 6.07) is 8.77. The van der Waals surface area contributed by atoms with Gasteiger partial charge in [0.05, 0.1) is 0 Å². The predicted octanol–water partition coefficient (Wildman–Crippen LogP) is 5.99. The smallest absolute Gasteiger partial charge is 0.0409 e. The van der Waals surface area contributed by atoms with Gasteiger partial charge in [-0.3, -0.25) is 0 Å². The Morgan fingerprint density at radius 3 is 2.55 bits per heavy atom. The fraction of sp³-hybridized carbons (Fsp3) is 0.667. The van der Waals surface area contributed by atoms with Gasteiger partial charge in [-0.1, -0.05) is 70.2 Å². The van der Waals surface area contributed by atoms with E-state index in [2.05, 4.69) is 44.3 Å². The van der Waals surface area contributed by atoms with Crippen molar-refractivity contribution in [2.24, 2.45) is 5.92 Å². The van der Waals surface area contributed by atoms with Crippen molar-refractivity contribution in [2.75, 3.05) is 6.54 Å². The van der Waals surface area contributed by atoms with E-state index in [1.807, 2.05) is 6.07 Å². The fourth-order valence-electron chi connectivity index (χ4n) is 2.69. The van der Waals surface area contributed by atoms with E-state index in [-0.39, 0.29) is 0 Å². The highest BCUT2D eigenvalue weighted by atomic mass is 35.5. The molecule has 0 aliphatic rings. The van der Waals surface area contributed by atoms with Crippen molar-refractivity contribution in [1.29, 1.82) is 0 Å². The third kappa shape index (κ3) is 6.28. The molecule has 20 heavy (non-hydrogen) atoms. The molecule has 0 saturated heterocycles. The van der Waals surface area contributed by atoms with Crippen molar-refractivity contribution in [1.82, 2.24) is 5.32 Å². The Morgan fingerprint density at radius 1 is 1.15 bits per heavy atom. The van der Waals surface area contributed by atoms with Crippen LogP contribution in [-0.4, -0.2) is 6.54 Å². The Hall–Kier alpha value is -0.530. The summed E-state index contributed by atoms with van der Waals surface area (Å²) in [4.78, 5) is 0. The van der Waals surface area contributed by atoms with Gasteiger partial charge in [0.1, 0.15) is 0 Å². The minimum atomic E-state index is 0.440. The molecule has 0 aliphatic carbocycles. The second kappa shape index (κ2) is 10.2. The normalized spacial score (nSPS) is 14.2. The summed E-state index contributed by atoms with van der Waals surface area (Å²) in [7, 11) is 0. The summed E-state index contributed by atoms with van der Waals surface area (Å²) >= 11 is 6.15. The molecule has 2 heteroatoms. The first-order chi connectivity index (χ1) is 9.71. The molecule has 0 spiro atoms. The molecule has 1 nitrogen and oxygen atoms in total. The van der Waals surface area contributed by atoms with Crippen LogP contribution in [0, 0.1) is 5.92 Å². The average molecular weight is 296 g/mol. The van der Waals surface area contributed by atoms with Gasteiger partial charge in [-0.15, -0.1) is 0 Å². The van der Waals surface area contributed by atoms with Crippen molar-refractivity contribution in [3.8, 4) is 0 Å². The Morgan fingerprint density at radius 2 is 1.95 bits per heavy atom. The molecule has 2 unspecified atom stereocenters. The van der Waals surface area contributed by atoms with Gasteiger partial charge in [0.25, 0.3) is 0 Å². The molecule has 0 heterocycles. The number of hydrogen-bond donors (Lipinski definition) is 1. The van der Waals surface area contributed by atoms with Gasteiger partial charge in [0.2, 0.25) is 0 Å². The maximum absolute atomic E-state index is 6.15. The highest BCUT2D eigenvalue weighted by molar-refractivity contribution is 6.30. The van der Waals surface area contributed by atoms with Crippen molar-refractivity contribution in [3.05, 3.63) is 34.9 Å². The second-order valence-corrected chi connectivity index (χ2v) is 6.15. The van der Waals surface area contributed by atoms with E-state index in [4.69, 9.17) is 11.6 Å². The Kier molecular flexibility index (Phi) is 8.97. The quantitative estimate of drug-likeness (QED) is 0.559. The molecule has 0 aliphatic heterocycles. The zero-order chi connectivity index (χ0) is 14.8. The topological polar surface area (TPSA) is 12.0 Å². The van der Waals surface area contributed by atoms with Crippen molar-refractivity contribution in [3.63, 3.8) is 0 Å². The molecule has 114 valence electrons. The first-order valence-corrected chi connectivity index (χ1v) is 8.57. The van der Waals surface area contributed by atoms with Gasteiger partial charge in [-0.2, -0.15) is 0 Å². The number of rotatable bonds is 10. The molecule has 1 N–H and O–H groups in total. The van der Waals surface area contributed by atoms with E-state index >= 15 is 0 Å². The minimum absolute atomic E-state index is 0.440. The average Bonchev–Trinajstić information content (AvgIpc) is 2.46. The molecule has 1 aromatic carbocycles. The summed E-state index contributed by atoms with van der Waals surface area (Å²) in [5, 5.41) is 4.54. The van der Waals surface area contributed by atoms with Gasteiger partial charge in [-0.25, -0.2) is 0 Å². The summed E-state index contributed by atoms with van der Waals surface area (Å²) < 4.78 is 0. The zero-order valence-corrected chi connectivity index (χ0v) is 14.0. The van der Waals surface area contributed by atoms with Crippen LogP contribution in [0.4, 0.5) is 0 Å². The van der Waals surface area contributed by atoms with E-state index in [9.17, 15) is 0 Å². The zero-order valence-electron chi connectivity index (χ0n) is 13.3. The van der Waals surface area contributed by atoms with Crippen LogP contribution in [-0.2, 0) is 0 Å². The van der Waals surface area contributed by atoms with Gasteiger partial charge in [-0.05, 0) is 43.0 Å². The lowest BCUT2D eigenvalue weighted by Crippen LogP contribution is -2.24. The highest BCUT2D eigenvalue weighted by Gasteiger charge is 2.16. The molecule has 2 atom stereocenters. The van der Waals surface area contributed by atoms with Crippen LogP contribution in [0.5, 0.6) is 0 Å². The largest absolute Gasteiger partial charge is 0.310 e. The Bertz CT molecular complexity index is 364.